The highest BCUT2D eigenvalue weighted by Gasteiger charge is 2.52. The van der Waals surface area contributed by atoms with Crippen LogP contribution in [0.5, 0.6) is 0 Å². The van der Waals surface area contributed by atoms with E-state index in [1.807, 2.05) is 6.92 Å². The zero-order chi connectivity index (χ0) is 12.8. The second kappa shape index (κ2) is 4.74. The molecule has 18 heavy (non-hydrogen) atoms. The van der Waals surface area contributed by atoms with Crippen molar-refractivity contribution >= 4 is 10.0 Å². The lowest BCUT2D eigenvalue weighted by Crippen LogP contribution is -2.44. The normalized spacial score (nSPS) is 37.7. The van der Waals surface area contributed by atoms with Crippen LogP contribution in [0.4, 0.5) is 0 Å². The van der Waals surface area contributed by atoms with Crippen LogP contribution in [0.25, 0.3) is 0 Å². The van der Waals surface area contributed by atoms with Crippen LogP contribution in [0, 0.1) is 0 Å². The molecule has 3 aliphatic rings. The highest BCUT2D eigenvalue weighted by molar-refractivity contribution is 7.90. The van der Waals surface area contributed by atoms with Crippen molar-refractivity contribution in [2.45, 2.75) is 56.1 Å². The summed E-state index contributed by atoms with van der Waals surface area (Å²) in [6.07, 6.45) is 3.32. The number of rotatable bonds is 4. The summed E-state index contributed by atoms with van der Waals surface area (Å²) < 4.78 is 37.9. The van der Waals surface area contributed by atoms with Crippen LogP contribution in [0.15, 0.2) is 0 Å². The minimum atomic E-state index is -3.11. The quantitative estimate of drug-likeness (QED) is 0.759. The topological polar surface area (TPSA) is 55.8 Å². The van der Waals surface area contributed by atoms with Crippen molar-refractivity contribution in [1.29, 1.82) is 0 Å². The molecule has 0 unspecified atom stereocenters. The Labute approximate surface area is 108 Å². The first-order chi connectivity index (χ1) is 8.64. The van der Waals surface area contributed by atoms with Gasteiger partial charge in [0.1, 0.15) is 6.10 Å². The van der Waals surface area contributed by atoms with Crippen LogP contribution in [-0.4, -0.2) is 56.0 Å². The molecule has 0 aromatic carbocycles. The standard InChI is InChI=1S/C12H21NO4S/c1-2-16-11-8-13(18(14,15)9-5-6-9)10-4-3-7-17-12(10)11/h9-12H,2-8H2,1H3/t10-,11+,12+/m1/s1. The average molecular weight is 275 g/mol. The van der Waals surface area contributed by atoms with Crippen LogP contribution in [0.2, 0.25) is 0 Å². The SMILES string of the molecule is CCO[C@H]1CN(S(=O)(=O)C2CC2)[C@@H]2CCCO[C@H]12. The number of hydrogen-bond acceptors (Lipinski definition) is 4. The Morgan fingerprint density at radius 3 is 2.78 bits per heavy atom. The van der Waals surface area contributed by atoms with Gasteiger partial charge in [-0.2, -0.15) is 4.31 Å². The fourth-order valence-corrected chi connectivity index (χ4v) is 5.15. The van der Waals surface area contributed by atoms with Crippen LogP contribution >= 0.6 is 0 Å². The lowest BCUT2D eigenvalue weighted by molar-refractivity contribution is -0.0727. The maximum absolute atomic E-state index is 12.4. The Hall–Kier alpha value is -0.170. The van der Waals surface area contributed by atoms with Crippen LogP contribution in [0.1, 0.15) is 32.6 Å². The fourth-order valence-electron chi connectivity index (χ4n) is 3.08. The van der Waals surface area contributed by atoms with Gasteiger partial charge in [-0.3, -0.25) is 0 Å². The lowest BCUT2D eigenvalue weighted by atomic mass is 10.0. The molecule has 2 saturated heterocycles. The molecular weight excluding hydrogens is 254 g/mol. The van der Waals surface area contributed by atoms with Gasteiger partial charge in [0.2, 0.25) is 10.0 Å². The van der Waals surface area contributed by atoms with Crippen LogP contribution < -0.4 is 0 Å². The first-order valence-electron chi connectivity index (χ1n) is 6.88. The molecular formula is C12H21NO4S. The number of nitrogens with zero attached hydrogens (tertiary/aromatic N) is 1. The van der Waals surface area contributed by atoms with Gasteiger partial charge < -0.3 is 9.47 Å². The Bertz CT molecular complexity index is 406. The molecule has 1 aliphatic carbocycles. The van der Waals surface area contributed by atoms with E-state index in [0.717, 1.165) is 32.3 Å². The Morgan fingerprint density at radius 1 is 1.33 bits per heavy atom. The van der Waals surface area contributed by atoms with E-state index in [-0.39, 0.29) is 23.5 Å². The van der Waals surface area contributed by atoms with E-state index in [9.17, 15) is 8.42 Å². The van der Waals surface area contributed by atoms with Crippen molar-refractivity contribution in [1.82, 2.24) is 4.31 Å². The van der Waals surface area contributed by atoms with Crippen molar-refractivity contribution in [2.24, 2.45) is 0 Å². The smallest absolute Gasteiger partial charge is 0.217 e. The summed E-state index contributed by atoms with van der Waals surface area (Å²) in [5.41, 5.74) is 0. The van der Waals surface area contributed by atoms with Gasteiger partial charge in [0.25, 0.3) is 0 Å². The second-order valence-corrected chi connectivity index (χ2v) is 7.52. The zero-order valence-electron chi connectivity index (χ0n) is 10.7. The molecule has 5 nitrogen and oxygen atoms in total. The monoisotopic (exact) mass is 275 g/mol. The molecule has 1 saturated carbocycles. The van der Waals surface area contributed by atoms with E-state index in [1.54, 1.807) is 4.31 Å². The van der Waals surface area contributed by atoms with Gasteiger partial charge in [0.05, 0.1) is 17.4 Å². The minimum absolute atomic E-state index is 0.000833. The molecule has 0 aromatic rings. The molecule has 3 rings (SSSR count). The predicted octanol–water partition coefficient (Wildman–Crippen LogP) is 0.747. The molecule has 0 spiro atoms. The maximum atomic E-state index is 12.4. The molecule has 104 valence electrons. The molecule has 0 bridgehead atoms. The van der Waals surface area contributed by atoms with Gasteiger partial charge in [-0.15, -0.1) is 0 Å². The summed E-state index contributed by atoms with van der Waals surface area (Å²) >= 11 is 0. The van der Waals surface area contributed by atoms with Crippen LogP contribution in [-0.2, 0) is 19.5 Å². The summed E-state index contributed by atoms with van der Waals surface area (Å²) in [6.45, 7) is 3.74. The number of ether oxygens (including phenoxy) is 2. The van der Waals surface area contributed by atoms with Gasteiger partial charge in [-0.1, -0.05) is 0 Å². The molecule has 2 aliphatic heterocycles. The largest absolute Gasteiger partial charge is 0.374 e. The number of hydrogen-bond donors (Lipinski definition) is 0. The molecule has 0 N–H and O–H groups in total. The summed E-state index contributed by atoms with van der Waals surface area (Å²) in [5, 5.41) is -0.138. The summed E-state index contributed by atoms with van der Waals surface area (Å²) in [4.78, 5) is 0. The van der Waals surface area contributed by atoms with E-state index in [1.165, 1.54) is 0 Å². The van der Waals surface area contributed by atoms with Crippen LogP contribution in [0.3, 0.4) is 0 Å². The molecule has 2 heterocycles. The Kier molecular flexibility index (Phi) is 3.38. The van der Waals surface area contributed by atoms with Crippen molar-refractivity contribution in [3.8, 4) is 0 Å². The highest BCUT2D eigenvalue weighted by Crippen LogP contribution is 2.38. The summed E-state index contributed by atoms with van der Waals surface area (Å²) in [5.74, 6) is 0. The number of sulfonamides is 1. The Morgan fingerprint density at radius 2 is 2.11 bits per heavy atom. The van der Waals surface area contributed by atoms with Crippen molar-refractivity contribution in [3.05, 3.63) is 0 Å². The van der Waals surface area contributed by atoms with Gasteiger partial charge in [0, 0.05) is 19.8 Å². The Balaban J connectivity index is 1.82. The van der Waals surface area contributed by atoms with Crippen molar-refractivity contribution in [3.63, 3.8) is 0 Å². The molecule has 0 amide bonds. The molecule has 6 heteroatoms. The minimum Gasteiger partial charge on any atom is -0.374 e. The average Bonchev–Trinajstić information content (AvgIpc) is 3.15. The predicted molar refractivity (Wildman–Crippen MR) is 66.8 cm³/mol. The van der Waals surface area contributed by atoms with E-state index in [4.69, 9.17) is 9.47 Å². The first kappa shape index (κ1) is 12.8. The van der Waals surface area contributed by atoms with Crippen molar-refractivity contribution < 1.29 is 17.9 Å². The van der Waals surface area contributed by atoms with Crippen molar-refractivity contribution in [2.75, 3.05) is 19.8 Å². The third-order valence-corrected chi connectivity index (χ3v) is 6.47. The molecule has 0 aromatic heterocycles. The third-order valence-electron chi connectivity index (χ3n) is 4.08. The van der Waals surface area contributed by atoms with E-state index < -0.39 is 10.0 Å². The molecule has 3 atom stereocenters. The number of fused-ring (bicyclic) bond motifs is 1. The van der Waals surface area contributed by atoms with E-state index >= 15 is 0 Å². The lowest BCUT2D eigenvalue weighted by Gasteiger charge is -2.31. The zero-order valence-corrected chi connectivity index (χ0v) is 11.6. The first-order valence-corrected chi connectivity index (χ1v) is 8.38. The van der Waals surface area contributed by atoms with Gasteiger partial charge >= 0.3 is 0 Å². The summed E-state index contributed by atoms with van der Waals surface area (Å²) in [6, 6.07) is 0.000833. The molecule has 3 fully saturated rings. The molecule has 0 radical (unpaired) electrons. The van der Waals surface area contributed by atoms with Gasteiger partial charge in [-0.05, 0) is 32.6 Å². The van der Waals surface area contributed by atoms with Gasteiger partial charge in [0.15, 0.2) is 0 Å². The highest BCUT2D eigenvalue weighted by atomic mass is 32.2. The van der Waals surface area contributed by atoms with Gasteiger partial charge in [-0.25, -0.2) is 8.42 Å². The van der Waals surface area contributed by atoms with E-state index in [2.05, 4.69) is 0 Å². The fraction of sp³-hybridized carbons (Fsp3) is 1.00. The maximum Gasteiger partial charge on any atom is 0.217 e. The second-order valence-electron chi connectivity index (χ2n) is 5.35. The summed E-state index contributed by atoms with van der Waals surface area (Å²) in [7, 11) is -3.11. The van der Waals surface area contributed by atoms with E-state index in [0.29, 0.717) is 13.2 Å². The third kappa shape index (κ3) is 2.09.